The van der Waals surface area contributed by atoms with Gasteiger partial charge in [-0.2, -0.15) is 5.10 Å². The Labute approximate surface area is 181 Å². The van der Waals surface area contributed by atoms with Crippen LogP contribution in [0.15, 0.2) is 66.0 Å². The topological polar surface area (TPSA) is 67.1 Å². The van der Waals surface area contributed by atoms with Crippen LogP contribution in [0.3, 0.4) is 0 Å². The van der Waals surface area contributed by atoms with Crippen molar-refractivity contribution in [3.8, 4) is 5.69 Å². The van der Waals surface area contributed by atoms with Crippen molar-refractivity contribution in [2.24, 2.45) is 4.99 Å². The van der Waals surface area contributed by atoms with Crippen molar-refractivity contribution in [1.29, 1.82) is 0 Å². The summed E-state index contributed by atoms with van der Waals surface area (Å²) < 4.78 is 1.85. The summed E-state index contributed by atoms with van der Waals surface area (Å²) >= 11 is 5.79. The molecule has 0 aliphatic heterocycles. The standard InChI is InChI=1S/C19H21ClN6.HI/c1-21-19(24-14-16-5-8-18(20)23-13-16)22-11-9-15-3-6-17(7-4-15)26-12-2-10-25-26;/h2-8,10,12-13H,9,11,14H2,1H3,(H2,21,22,24);1H. The van der Waals surface area contributed by atoms with Crippen molar-refractivity contribution in [2.75, 3.05) is 13.6 Å². The Balaban J connectivity index is 0.00000261. The van der Waals surface area contributed by atoms with Gasteiger partial charge in [0.1, 0.15) is 5.15 Å². The molecule has 0 radical (unpaired) electrons. The van der Waals surface area contributed by atoms with Crippen molar-refractivity contribution in [2.45, 2.75) is 13.0 Å². The zero-order valence-electron chi connectivity index (χ0n) is 15.0. The normalized spacial score (nSPS) is 11.0. The third kappa shape index (κ3) is 6.51. The number of aliphatic imine (C=N–C) groups is 1. The average molecular weight is 497 g/mol. The summed E-state index contributed by atoms with van der Waals surface area (Å²) in [7, 11) is 1.76. The molecule has 0 aliphatic carbocycles. The maximum absolute atomic E-state index is 5.79. The molecule has 142 valence electrons. The van der Waals surface area contributed by atoms with E-state index in [1.165, 1.54) is 5.56 Å². The van der Waals surface area contributed by atoms with E-state index in [-0.39, 0.29) is 24.0 Å². The van der Waals surface area contributed by atoms with E-state index in [1.54, 1.807) is 25.5 Å². The van der Waals surface area contributed by atoms with Crippen LogP contribution in [0.1, 0.15) is 11.1 Å². The van der Waals surface area contributed by atoms with Crippen LogP contribution < -0.4 is 10.6 Å². The summed E-state index contributed by atoms with van der Waals surface area (Å²) in [6.07, 6.45) is 6.37. The van der Waals surface area contributed by atoms with Crippen LogP contribution in [-0.4, -0.2) is 34.3 Å². The maximum Gasteiger partial charge on any atom is 0.191 e. The molecule has 0 aliphatic rings. The third-order valence-electron chi connectivity index (χ3n) is 3.88. The number of aromatic nitrogens is 3. The van der Waals surface area contributed by atoms with E-state index in [4.69, 9.17) is 11.6 Å². The Morgan fingerprint density at radius 3 is 2.52 bits per heavy atom. The molecule has 0 fully saturated rings. The smallest absolute Gasteiger partial charge is 0.191 e. The lowest BCUT2D eigenvalue weighted by Crippen LogP contribution is -2.37. The highest BCUT2D eigenvalue weighted by Gasteiger charge is 2.01. The fourth-order valence-corrected chi connectivity index (χ4v) is 2.59. The number of pyridine rings is 1. The molecule has 3 rings (SSSR count). The lowest BCUT2D eigenvalue weighted by Gasteiger charge is -2.12. The van der Waals surface area contributed by atoms with E-state index < -0.39 is 0 Å². The van der Waals surface area contributed by atoms with Gasteiger partial charge in [-0.25, -0.2) is 9.67 Å². The zero-order chi connectivity index (χ0) is 18.2. The average Bonchev–Trinajstić information content (AvgIpc) is 3.21. The van der Waals surface area contributed by atoms with Gasteiger partial charge in [-0.05, 0) is 41.8 Å². The number of guanidine groups is 1. The lowest BCUT2D eigenvalue weighted by atomic mass is 10.1. The van der Waals surface area contributed by atoms with Crippen molar-refractivity contribution in [1.82, 2.24) is 25.4 Å². The van der Waals surface area contributed by atoms with Crippen molar-refractivity contribution < 1.29 is 0 Å². The van der Waals surface area contributed by atoms with Crippen molar-refractivity contribution in [3.05, 3.63) is 77.3 Å². The minimum Gasteiger partial charge on any atom is -0.356 e. The SMILES string of the molecule is CN=C(NCCc1ccc(-n2cccn2)cc1)NCc1ccc(Cl)nc1.I. The Kier molecular flexibility index (Phi) is 8.53. The van der Waals surface area contributed by atoms with E-state index in [0.29, 0.717) is 11.7 Å². The third-order valence-corrected chi connectivity index (χ3v) is 4.11. The molecular formula is C19H22ClIN6. The van der Waals surface area contributed by atoms with E-state index in [1.807, 2.05) is 23.0 Å². The molecule has 27 heavy (non-hydrogen) atoms. The molecule has 0 atom stereocenters. The fourth-order valence-electron chi connectivity index (χ4n) is 2.48. The minimum absolute atomic E-state index is 0. The monoisotopic (exact) mass is 496 g/mol. The quantitative estimate of drug-likeness (QED) is 0.237. The largest absolute Gasteiger partial charge is 0.356 e. The maximum atomic E-state index is 5.79. The van der Waals surface area contributed by atoms with Crippen LogP contribution in [0.5, 0.6) is 0 Å². The fraction of sp³-hybridized carbons (Fsp3) is 0.211. The first-order valence-corrected chi connectivity index (χ1v) is 8.76. The van der Waals surface area contributed by atoms with E-state index in [0.717, 1.165) is 30.2 Å². The van der Waals surface area contributed by atoms with E-state index in [9.17, 15) is 0 Å². The number of benzene rings is 1. The molecule has 2 N–H and O–H groups in total. The molecule has 8 heteroatoms. The van der Waals surface area contributed by atoms with Crippen molar-refractivity contribution >= 4 is 41.5 Å². The second-order valence-electron chi connectivity index (χ2n) is 5.71. The predicted octanol–water partition coefficient (Wildman–Crippen LogP) is 3.45. The molecule has 0 unspecified atom stereocenters. The molecule has 0 amide bonds. The first kappa shape index (κ1) is 21.2. The molecular weight excluding hydrogens is 475 g/mol. The lowest BCUT2D eigenvalue weighted by molar-refractivity contribution is 0.792. The van der Waals surface area contributed by atoms with Crippen LogP contribution in [0.2, 0.25) is 5.15 Å². The molecule has 0 saturated heterocycles. The molecule has 2 aromatic heterocycles. The number of halogens is 2. The summed E-state index contributed by atoms with van der Waals surface area (Å²) in [4.78, 5) is 8.31. The minimum atomic E-state index is 0. The van der Waals surface area contributed by atoms with Gasteiger partial charge >= 0.3 is 0 Å². The van der Waals surface area contributed by atoms with Gasteiger partial charge in [0.05, 0.1) is 5.69 Å². The van der Waals surface area contributed by atoms with Crippen LogP contribution in [-0.2, 0) is 13.0 Å². The van der Waals surface area contributed by atoms with Gasteiger partial charge in [-0.3, -0.25) is 4.99 Å². The van der Waals surface area contributed by atoms with Crippen LogP contribution in [0.25, 0.3) is 5.69 Å². The van der Waals surface area contributed by atoms with Crippen LogP contribution >= 0.6 is 35.6 Å². The highest BCUT2D eigenvalue weighted by molar-refractivity contribution is 14.0. The van der Waals surface area contributed by atoms with Gasteiger partial charge in [0.2, 0.25) is 0 Å². The number of nitrogens with one attached hydrogen (secondary N) is 2. The number of nitrogens with zero attached hydrogens (tertiary/aromatic N) is 4. The summed E-state index contributed by atoms with van der Waals surface area (Å²) in [6.45, 7) is 1.43. The first-order valence-electron chi connectivity index (χ1n) is 8.38. The summed E-state index contributed by atoms with van der Waals surface area (Å²) in [5.41, 5.74) is 3.36. The second-order valence-corrected chi connectivity index (χ2v) is 6.10. The number of hydrogen-bond acceptors (Lipinski definition) is 3. The molecule has 0 bridgehead atoms. The molecule has 3 aromatic rings. The van der Waals surface area contributed by atoms with Gasteiger partial charge in [0.25, 0.3) is 0 Å². The van der Waals surface area contributed by atoms with Gasteiger partial charge in [0, 0.05) is 38.7 Å². The highest BCUT2D eigenvalue weighted by atomic mass is 127. The zero-order valence-corrected chi connectivity index (χ0v) is 18.1. The van der Waals surface area contributed by atoms with E-state index in [2.05, 4.69) is 50.0 Å². The van der Waals surface area contributed by atoms with Gasteiger partial charge < -0.3 is 10.6 Å². The highest BCUT2D eigenvalue weighted by Crippen LogP contribution is 2.09. The molecule has 0 saturated carbocycles. The molecule has 6 nitrogen and oxygen atoms in total. The Morgan fingerprint density at radius 2 is 1.89 bits per heavy atom. The van der Waals surface area contributed by atoms with Crippen LogP contribution in [0.4, 0.5) is 0 Å². The Hall–Kier alpha value is -2.13. The Morgan fingerprint density at radius 1 is 1.11 bits per heavy atom. The second kappa shape index (κ2) is 10.9. The summed E-state index contributed by atoms with van der Waals surface area (Å²) in [6, 6.07) is 14.0. The van der Waals surface area contributed by atoms with E-state index >= 15 is 0 Å². The van der Waals surface area contributed by atoms with Gasteiger partial charge in [-0.15, -0.1) is 24.0 Å². The molecule has 2 heterocycles. The summed E-state index contributed by atoms with van der Waals surface area (Å²) in [5, 5.41) is 11.3. The van der Waals surface area contributed by atoms with Crippen molar-refractivity contribution in [3.63, 3.8) is 0 Å². The molecule has 1 aromatic carbocycles. The Bertz CT molecular complexity index is 832. The number of hydrogen-bond donors (Lipinski definition) is 2. The van der Waals surface area contributed by atoms with Crippen LogP contribution in [0, 0.1) is 0 Å². The molecule has 0 spiro atoms. The summed E-state index contributed by atoms with van der Waals surface area (Å²) in [5.74, 6) is 0.758. The predicted molar refractivity (Wildman–Crippen MR) is 120 cm³/mol. The first-order chi connectivity index (χ1) is 12.7. The van der Waals surface area contributed by atoms with Gasteiger partial charge in [-0.1, -0.05) is 29.8 Å². The number of rotatable bonds is 6. The van der Waals surface area contributed by atoms with Gasteiger partial charge in [0.15, 0.2) is 5.96 Å².